The molecule has 2 nitrogen and oxygen atoms in total. The summed E-state index contributed by atoms with van der Waals surface area (Å²) in [5, 5.41) is 3.12. The van der Waals surface area contributed by atoms with Gasteiger partial charge < -0.3 is 10.1 Å². The molecule has 1 rings (SSSR count). The molecule has 0 saturated heterocycles. The summed E-state index contributed by atoms with van der Waals surface area (Å²) in [6, 6.07) is 0. The summed E-state index contributed by atoms with van der Waals surface area (Å²) in [6.07, 6.45) is 6.95. The molecule has 2 heteroatoms. The highest BCUT2D eigenvalue weighted by Crippen LogP contribution is 2.15. The maximum Gasteiger partial charge on any atom is 0.122 e. The minimum atomic E-state index is 1.04. The largest absolute Gasteiger partial charge is 0.466 e. The normalized spacial score (nSPS) is 16.2. The number of nitrogens with one attached hydrogen (secondary N) is 1. The van der Waals surface area contributed by atoms with E-state index in [0.29, 0.717) is 0 Å². The highest BCUT2D eigenvalue weighted by atomic mass is 16.5. The van der Waals surface area contributed by atoms with E-state index in [2.05, 4.69) is 12.2 Å². The molecule has 0 atom stereocenters. The third-order valence-electron chi connectivity index (χ3n) is 1.75. The maximum absolute atomic E-state index is 5.33. The third-order valence-corrected chi connectivity index (χ3v) is 1.75. The molecule has 0 saturated carbocycles. The summed E-state index contributed by atoms with van der Waals surface area (Å²) >= 11 is 0. The van der Waals surface area contributed by atoms with Crippen molar-refractivity contribution in [1.29, 1.82) is 0 Å². The molecule has 11 heavy (non-hydrogen) atoms. The Morgan fingerprint density at radius 2 is 2.36 bits per heavy atom. The minimum absolute atomic E-state index is 1.04. The fourth-order valence-electron chi connectivity index (χ4n) is 1.03. The van der Waals surface area contributed by atoms with Gasteiger partial charge in [0.15, 0.2) is 0 Å². The number of allylic oxidation sites excluding steroid dienone is 2. The highest BCUT2D eigenvalue weighted by Gasteiger charge is 2.04. The summed E-state index contributed by atoms with van der Waals surface area (Å²) in [6.45, 7) is 4.22. The molecule has 0 bridgehead atoms. The zero-order valence-corrected chi connectivity index (χ0v) is 7.18. The fourth-order valence-corrected chi connectivity index (χ4v) is 1.03. The van der Waals surface area contributed by atoms with Crippen molar-refractivity contribution in [2.75, 3.05) is 0 Å². The van der Waals surface area contributed by atoms with Crippen molar-refractivity contribution in [1.82, 2.24) is 5.32 Å². The van der Waals surface area contributed by atoms with Crippen LogP contribution in [0.3, 0.4) is 0 Å². The van der Waals surface area contributed by atoms with E-state index in [4.69, 9.17) is 4.74 Å². The zero-order valence-electron chi connectivity index (χ0n) is 7.18. The van der Waals surface area contributed by atoms with Crippen LogP contribution in [0.2, 0.25) is 0 Å². The first kappa shape index (κ1) is 8.18. The fraction of sp³-hybridized carbons (Fsp3) is 0.556. The minimum Gasteiger partial charge on any atom is -0.466 e. The SMILES string of the molecule is CCCCC1=C(C)NC=CO1. The second-order valence-corrected chi connectivity index (χ2v) is 2.72. The van der Waals surface area contributed by atoms with Crippen molar-refractivity contribution in [2.24, 2.45) is 0 Å². The molecule has 1 aliphatic rings. The van der Waals surface area contributed by atoms with Gasteiger partial charge in [0.25, 0.3) is 0 Å². The molecule has 62 valence electrons. The maximum atomic E-state index is 5.33. The van der Waals surface area contributed by atoms with Gasteiger partial charge in [-0.25, -0.2) is 0 Å². The van der Waals surface area contributed by atoms with Gasteiger partial charge in [0.1, 0.15) is 12.0 Å². The zero-order chi connectivity index (χ0) is 8.10. The predicted octanol–water partition coefficient (Wildman–Crippen LogP) is 2.50. The van der Waals surface area contributed by atoms with Crippen molar-refractivity contribution >= 4 is 0 Å². The Bertz CT molecular complexity index is 182. The number of hydrogen-bond donors (Lipinski definition) is 1. The standard InChI is InChI=1S/C9H15NO/c1-3-4-5-9-8(2)10-6-7-11-9/h6-7,10H,3-5H2,1-2H3. The number of ether oxygens (including phenoxy) is 1. The van der Waals surface area contributed by atoms with Crippen molar-refractivity contribution in [3.8, 4) is 0 Å². The van der Waals surface area contributed by atoms with Crippen LogP contribution in [0.5, 0.6) is 0 Å². The van der Waals surface area contributed by atoms with E-state index in [0.717, 1.165) is 17.9 Å². The summed E-state index contributed by atoms with van der Waals surface area (Å²) < 4.78 is 5.33. The van der Waals surface area contributed by atoms with Crippen LogP contribution < -0.4 is 5.32 Å². The van der Waals surface area contributed by atoms with Gasteiger partial charge >= 0.3 is 0 Å². The van der Waals surface area contributed by atoms with Crippen LogP contribution in [-0.2, 0) is 4.74 Å². The lowest BCUT2D eigenvalue weighted by Gasteiger charge is -2.14. The molecule has 0 amide bonds. The molecule has 0 aromatic rings. The summed E-state index contributed by atoms with van der Waals surface area (Å²) in [5.41, 5.74) is 1.14. The Hall–Kier alpha value is -0.920. The summed E-state index contributed by atoms with van der Waals surface area (Å²) in [4.78, 5) is 0. The van der Waals surface area contributed by atoms with Crippen LogP contribution in [-0.4, -0.2) is 0 Å². The van der Waals surface area contributed by atoms with Crippen LogP contribution in [0.4, 0.5) is 0 Å². The lowest BCUT2D eigenvalue weighted by molar-refractivity contribution is 0.310. The number of rotatable bonds is 3. The van der Waals surface area contributed by atoms with Crippen LogP contribution in [0.25, 0.3) is 0 Å². The van der Waals surface area contributed by atoms with Crippen molar-refractivity contribution in [3.63, 3.8) is 0 Å². The van der Waals surface area contributed by atoms with Crippen LogP contribution >= 0.6 is 0 Å². The first-order chi connectivity index (χ1) is 5.34. The monoisotopic (exact) mass is 153 g/mol. The Kier molecular flexibility index (Phi) is 3.02. The second-order valence-electron chi connectivity index (χ2n) is 2.72. The van der Waals surface area contributed by atoms with Gasteiger partial charge in [0.05, 0.1) is 5.70 Å². The average Bonchev–Trinajstić information content (AvgIpc) is 2.03. The summed E-state index contributed by atoms with van der Waals surface area (Å²) in [7, 11) is 0. The number of unbranched alkanes of at least 4 members (excludes halogenated alkanes) is 1. The van der Waals surface area contributed by atoms with E-state index < -0.39 is 0 Å². The van der Waals surface area contributed by atoms with E-state index in [-0.39, 0.29) is 0 Å². The van der Waals surface area contributed by atoms with Gasteiger partial charge in [-0.1, -0.05) is 13.3 Å². The molecule has 0 aromatic carbocycles. The molecule has 1 heterocycles. The summed E-state index contributed by atoms with van der Waals surface area (Å²) in [5.74, 6) is 1.08. The Morgan fingerprint density at radius 3 is 3.00 bits per heavy atom. The van der Waals surface area contributed by atoms with E-state index in [1.54, 1.807) is 6.26 Å². The van der Waals surface area contributed by atoms with Gasteiger partial charge in [-0.05, 0) is 13.3 Å². The van der Waals surface area contributed by atoms with Crippen LogP contribution in [0, 0.1) is 0 Å². The van der Waals surface area contributed by atoms with E-state index in [9.17, 15) is 0 Å². The smallest absolute Gasteiger partial charge is 0.122 e. The molecule has 0 spiro atoms. The molecular weight excluding hydrogens is 138 g/mol. The molecule has 0 unspecified atom stereocenters. The molecule has 0 aromatic heterocycles. The quantitative estimate of drug-likeness (QED) is 0.672. The second kappa shape index (κ2) is 4.06. The van der Waals surface area contributed by atoms with Crippen LogP contribution in [0.15, 0.2) is 23.9 Å². The lowest BCUT2D eigenvalue weighted by atomic mass is 10.2. The molecule has 0 fully saturated rings. The van der Waals surface area contributed by atoms with Gasteiger partial charge in [0, 0.05) is 12.6 Å². The van der Waals surface area contributed by atoms with E-state index in [1.807, 2.05) is 13.1 Å². The first-order valence-corrected chi connectivity index (χ1v) is 4.12. The molecule has 1 aliphatic heterocycles. The van der Waals surface area contributed by atoms with Crippen molar-refractivity contribution in [2.45, 2.75) is 33.1 Å². The Balaban J connectivity index is 2.41. The van der Waals surface area contributed by atoms with Gasteiger partial charge in [-0.2, -0.15) is 0 Å². The molecular formula is C9H15NO. The van der Waals surface area contributed by atoms with Crippen LogP contribution in [0.1, 0.15) is 33.1 Å². The van der Waals surface area contributed by atoms with E-state index in [1.165, 1.54) is 12.8 Å². The first-order valence-electron chi connectivity index (χ1n) is 4.12. The lowest BCUT2D eigenvalue weighted by Crippen LogP contribution is -2.10. The average molecular weight is 153 g/mol. The Labute approximate surface area is 67.9 Å². The van der Waals surface area contributed by atoms with Crippen molar-refractivity contribution < 1.29 is 4.74 Å². The number of hydrogen-bond acceptors (Lipinski definition) is 2. The van der Waals surface area contributed by atoms with Gasteiger partial charge in [0.2, 0.25) is 0 Å². The highest BCUT2D eigenvalue weighted by molar-refractivity contribution is 5.10. The van der Waals surface area contributed by atoms with Crippen molar-refractivity contribution in [3.05, 3.63) is 23.9 Å². The molecule has 0 aliphatic carbocycles. The van der Waals surface area contributed by atoms with E-state index >= 15 is 0 Å². The van der Waals surface area contributed by atoms with Gasteiger partial charge in [-0.15, -0.1) is 0 Å². The van der Waals surface area contributed by atoms with Gasteiger partial charge in [-0.3, -0.25) is 0 Å². The molecule has 1 N–H and O–H groups in total. The Morgan fingerprint density at radius 1 is 1.55 bits per heavy atom. The third kappa shape index (κ3) is 2.30. The topological polar surface area (TPSA) is 21.3 Å². The predicted molar refractivity (Wildman–Crippen MR) is 45.6 cm³/mol. The molecule has 0 radical (unpaired) electrons.